The highest BCUT2D eigenvalue weighted by Gasteiger charge is 2.21. The summed E-state index contributed by atoms with van der Waals surface area (Å²) in [4.78, 5) is 34.7. The van der Waals surface area contributed by atoms with Crippen molar-refractivity contribution in [3.05, 3.63) is 40.6 Å². The Kier molecular flexibility index (Phi) is 6.32. The van der Waals surface area contributed by atoms with Crippen LogP contribution in [0.4, 0.5) is 5.69 Å². The van der Waals surface area contributed by atoms with Gasteiger partial charge in [-0.15, -0.1) is 5.10 Å². The van der Waals surface area contributed by atoms with E-state index in [0.29, 0.717) is 47.6 Å². The Labute approximate surface area is 195 Å². The van der Waals surface area contributed by atoms with Crippen molar-refractivity contribution in [2.75, 3.05) is 38.7 Å². The van der Waals surface area contributed by atoms with Crippen molar-refractivity contribution < 1.29 is 14.3 Å². The Morgan fingerprint density at radius 3 is 2.79 bits per heavy atom. The number of fused-ring (bicyclic) bond motifs is 2. The minimum absolute atomic E-state index is 0.0328. The van der Waals surface area contributed by atoms with E-state index in [1.807, 2.05) is 0 Å². The van der Waals surface area contributed by atoms with E-state index >= 15 is 0 Å². The Balaban J connectivity index is 1.13. The van der Waals surface area contributed by atoms with Crippen LogP contribution in [0.1, 0.15) is 18.5 Å². The zero-order chi connectivity index (χ0) is 23.5. The van der Waals surface area contributed by atoms with Crippen LogP contribution in [0.2, 0.25) is 0 Å². The van der Waals surface area contributed by atoms with Crippen LogP contribution in [0.3, 0.4) is 0 Å². The van der Waals surface area contributed by atoms with Gasteiger partial charge in [0, 0.05) is 31.7 Å². The van der Waals surface area contributed by atoms with Gasteiger partial charge in [-0.3, -0.25) is 9.59 Å². The van der Waals surface area contributed by atoms with Crippen LogP contribution in [-0.4, -0.2) is 74.9 Å². The first kappa shape index (κ1) is 22.2. The molecule has 0 saturated carbocycles. The molecule has 178 valence electrons. The second-order valence-electron chi connectivity index (χ2n) is 8.35. The highest BCUT2D eigenvalue weighted by Crippen LogP contribution is 2.24. The van der Waals surface area contributed by atoms with Crippen molar-refractivity contribution in [3.63, 3.8) is 0 Å². The van der Waals surface area contributed by atoms with E-state index in [-0.39, 0.29) is 18.1 Å². The van der Waals surface area contributed by atoms with Gasteiger partial charge in [-0.25, -0.2) is 9.97 Å². The lowest BCUT2D eigenvalue weighted by molar-refractivity contribution is -0.118. The second kappa shape index (κ2) is 9.69. The molecule has 5 rings (SSSR count). The van der Waals surface area contributed by atoms with Crippen molar-refractivity contribution in [2.45, 2.75) is 32.0 Å². The van der Waals surface area contributed by atoms with Crippen molar-refractivity contribution in [2.24, 2.45) is 0 Å². The standard InChI is InChI=1S/C22H26N8O4/c1-33-16-9-18-21(24-11-16)25-12-20(32)30(18)7-6-29-4-2-14(3-5-29)23-10-15-8-17-22(28-27-15)34-13-19(31)26-17/h8-9,11-12,14,23H,2-7,10,13H2,1H3,(H,26,31). The Morgan fingerprint density at radius 2 is 1.97 bits per heavy atom. The van der Waals surface area contributed by atoms with E-state index in [4.69, 9.17) is 9.47 Å². The molecule has 2 aliphatic heterocycles. The van der Waals surface area contributed by atoms with Gasteiger partial charge >= 0.3 is 0 Å². The van der Waals surface area contributed by atoms with E-state index in [1.165, 1.54) is 6.20 Å². The number of hydrogen-bond donors (Lipinski definition) is 2. The van der Waals surface area contributed by atoms with E-state index in [0.717, 1.165) is 38.2 Å². The third-order valence-corrected chi connectivity index (χ3v) is 6.14. The maximum Gasteiger partial charge on any atom is 0.269 e. The molecule has 0 aliphatic carbocycles. The molecule has 1 amide bonds. The van der Waals surface area contributed by atoms with Crippen LogP contribution >= 0.6 is 0 Å². The molecule has 12 nitrogen and oxygen atoms in total. The number of methoxy groups -OCH3 is 1. The number of piperidine rings is 1. The number of hydrogen-bond acceptors (Lipinski definition) is 10. The number of carbonyl (C=O) groups excluding carboxylic acids is 1. The van der Waals surface area contributed by atoms with Gasteiger partial charge < -0.3 is 29.6 Å². The van der Waals surface area contributed by atoms with Crippen molar-refractivity contribution in [3.8, 4) is 11.6 Å². The summed E-state index contributed by atoms with van der Waals surface area (Å²) in [6.07, 6.45) is 4.89. The average molecular weight is 467 g/mol. The molecule has 2 N–H and O–H groups in total. The quantitative estimate of drug-likeness (QED) is 0.496. The number of aromatic nitrogens is 5. The van der Waals surface area contributed by atoms with Crippen molar-refractivity contribution in [1.82, 2.24) is 34.9 Å². The first-order chi connectivity index (χ1) is 16.6. The lowest BCUT2D eigenvalue weighted by Gasteiger charge is -2.32. The Hall–Kier alpha value is -3.64. The minimum atomic E-state index is -0.191. The van der Waals surface area contributed by atoms with Crippen LogP contribution in [0, 0.1) is 0 Å². The van der Waals surface area contributed by atoms with Gasteiger partial charge in [0.2, 0.25) is 0 Å². The molecular formula is C22H26N8O4. The number of pyridine rings is 1. The Bertz CT molecular complexity index is 1260. The first-order valence-corrected chi connectivity index (χ1v) is 11.2. The lowest BCUT2D eigenvalue weighted by Crippen LogP contribution is -2.43. The molecule has 12 heteroatoms. The zero-order valence-corrected chi connectivity index (χ0v) is 18.9. The van der Waals surface area contributed by atoms with E-state index in [9.17, 15) is 9.59 Å². The first-order valence-electron chi connectivity index (χ1n) is 11.2. The summed E-state index contributed by atoms with van der Waals surface area (Å²) in [5.74, 6) is 0.759. The molecule has 34 heavy (non-hydrogen) atoms. The SMILES string of the molecule is COc1cnc2ncc(=O)n(CCN3CCC(NCc4cc5c(nn4)OCC(=O)N5)CC3)c2c1. The molecular weight excluding hydrogens is 440 g/mol. The van der Waals surface area contributed by atoms with E-state index in [2.05, 4.69) is 35.7 Å². The largest absolute Gasteiger partial charge is 0.495 e. The monoisotopic (exact) mass is 466 g/mol. The van der Waals surface area contributed by atoms with Crippen molar-refractivity contribution in [1.29, 1.82) is 0 Å². The van der Waals surface area contributed by atoms with Crippen molar-refractivity contribution >= 4 is 22.8 Å². The number of likely N-dealkylation sites (tertiary alicyclic amines) is 1. The lowest BCUT2D eigenvalue weighted by atomic mass is 10.0. The molecule has 0 radical (unpaired) electrons. The van der Waals surface area contributed by atoms with Gasteiger partial charge in [0.15, 0.2) is 12.3 Å². The smallest absolute Gasteiger partial charge is 0.269 e. The number of nitrogens with zero attached hydrogens (tertiary/aromatic N) is 6. The summed E-state index contributed by atoms with van der Waals surface area (Å²) in [7, 11) is 1.57. The van der Waals surface area contributed by atoms with Gasteiger partial charge in [-0.2, -0.15) is 5.10 Å². The van der Waals surface area contributed by atoms with Gasteiger partial charge in [-0.1, -0.05) is 0 Å². The number of carbonyl (C=O) groups is 1. The fourth-order valence-corrected chi connectivity index (χ4v) is 4.25. The van der Waals surface area contributed by atoms with Gasteiger partial charge in [0.05, 0.1) is 30.7 Å². The van der Waals surface area contributed by atoms with E-state index < -0.39 is 0 Å². The van der Waals surface area contributed by atoms with Crippen LogP contribution in [0.15, 0.2) is 29.3 Å². The van der Waals surface area contributed by atoms with Crippen LogP contribution in [0.25, 0.3) is 11.2 Å². The maximum absolute atomic E-state index is 12.4. The number of rotatable bonds is 7. The molecule has 3 aromatic heterocycles. The third-order valence-electron chi connectivity index (χ3n) is 6.14. The molecule has 0 aromatic carbocycles. The summed E-state index contributed by atoms with van der Waals surface area (Å²) in [6, 6.07) is 3.95. The molecule has 5 heterocycles. The molecule has 0 unspecified atom stereocenters. The zero-order valence-electron chi connectivity index (χ0n) is 18.9. The number of ether oxygens (including phenoxy) is 2. The summed E-state index contributed by atoms with van der Waals surface area (Å²) in [5.41, 5.74) is 2.37. The predicted octanol–water partition coefficient (Wildman–Crippen LogP) is 0.175. The summed E-state index contributed by atoms with van der Waals surface area (Å²) >= 11 is 0. The molecule has 3 aromatic rings. The van der Waals surface area contributed by atoms with Crippen LogP contribution in [0.5, 0.6) is 11.6 Å². The molecule has 0 spiro atoms. The van der Waals surface area contributed by atoms with Crippen LogP contribution in [-0.2, 0) is 17.9 Å². The molecule has 2 aliphatic rings. The molecule has 0 atom stereocenters. The fraction of sp³-hybridized carbons (Fsp3) is 0.455. The minimum Gasteiger partial charge on any atom is -0.495 e. The normalized spacial score (nSPS) is 16.7. The number of anilines is 1. The molecule has 1 saturated heterocycles. The predicted molar refractivity (Wildman–Crippen MR) is 123 cm³/mol. The van der Waals surface area contributed by atoms with Crippen LogP contribution < -0.4 is 25.7 Å². The number of amides is 1. The summed E-state index contributed by atoms with van der Waals surface area (Å²) in [6.45, 7) is 3.71. The van der Waals surface area contributed by atoms with Gasteiger partial charge in [0.25, 0.3) is 17.3 Å². The second-order valence-corrected chi connectivity index (χ2v) is 8.35. The average Bonchev–Trinajstić information content (AvgIpc) is 2.87. The summed E-state index contributed by atoms with van der Waals surface area (Å²) in [5, 5.41) is 14.5. The maximum atomic E-state index is 12.4. The molecule has 0 bridgehead atoms. The number of nitrogens with one attached hydrogen (secondary N) is 2. The van der Waals surface area contributed by atoms with Gasteiger partial charge in [-0.05, 0) is 32.0 Å². The topological polar surface area (TPSA) is 136 Å². The van der Waals surface area contributed by atoms with Gasteiger partial charge in [0.1, 0.15) is 11.4 Å². The van der Waals surface area contributed by atoms with E-state index in [1.54, 1.807) is 30.0 Å². The fourth-order valence-electron chi connectivity index (χ4n) is 4.25. The Morgan fingerprint density at radius 1 is 1.15 bits per heavy atom. The highest BCUT2D eigenvalue weighted by molar-refractivity contribution is 5.94. The highest BCUT2D eigenvalue weighted by atomic mass is 16.5. The summed E-state index contributed by atoms with van der Waals surface area (Å²) < 4.78 is 12.2. The third kappa shape index (κ3) is 4.82. The molecule has 1 fully saturated rings.